The molecule has 7 heteroatoms. The average molecular weight is 436 g/mol. The average Bonchev–Trinajstić information content (AvgIpc) is 3.28. The largest absolute Gasteiger partial charge is 0.468 e. The van der Waals surface area contributed by atoms with Crippen molar-refractivity contribution in [2.45, 2.75) is 43.9 Å². The summed E-state index contributed by atoms with van der Waals surface area (Å²) in [5.74, 6) is 0.724. The number of halogens is 2. The predicted molar refractivity (Wildman–Crippen MR) is 112 cm³/mol. The highest BCUT2D eigenvalue weighted by atomic mass is 35.5. The second kappa shape index (κ2) is 8.36. The molecule has 4 rings (SSSR count). The fourth-order valence-electron chi connectivity index (χ4n) is 3.80. The van der Waals surface area contributed by atoms with Crippen molar-refractivity contribution in [3.8, 4) is 0 Å². The normalized spacial score (nSPS) is 18.4. The van der Waals surface area contributed by atoms with Crippen molar-refractivity contribution in [1.82, 2.24) is 4.90 Å². The lowest BCUT2D eigenvalue weighted by Crippen LogP contribution is -2.42. The van der Waals surface area contributed by atoms with Crippen LogP contribution in [0.5, 0.6) is 0 Å². The molecule has 2 aliphatic rings. The monoisotopic (exact) mass is 435 g/mol. The lowest BCUT2D eigenvalue weighted by molar-refractivity contribution is -0.139. The standard InChI is InChI=1S/C21H19Cl2NO3S/c22-13-8-9-16(17(23)11-13)18-19(28-12-15-7-4-10-27-15)21(26)24(20(18)25)14-5-2-1-3-6-14/h4,7-11,14H,1-3,5-6,12H2. The maximum atomic E-state index is 13.3. The molecule has 0 radical (unpaired) electrons. The number of amides is 2. The first-order valence-electron chi connectivity index (χ1n) is 9.29. The summed E-state index contributed by atoms with van der Waals surface area (Å²) in [5, 5.41) is 0.852. The molecule has 1 fully saturated rings. The highest BCUT2D eigenvalue weighted by molar-refractivity contribution is 8.03. The number of hydrogen-bond acceptors (Lipinski definition) is 4. The molecule has 1 aliphatic heterocycles. The third-order valence-electron chi connectivity index (χ3n) is 5.15. The number of thioether (sulfide) groups is 1. The predicted octanol–water partition coefficient (Wildman–Crippen LogP) is 5.93. The Balaban J connectivity index is 1.72. The summed E-state index contributed by atoms with van der Waals surface area (Å²) < 4.78 is 5.38. The van der Waals surface area contributed by atoms with Crippen LogP contribution in [0.3, 0.4) is 0 Å². The van der Waals surface area contributed by atoms with E-state index in [0.717, 1.165) is 37.9 Å². The smallest absolute Gasteiger partial charge is 0.268 e. The van der Waals surface area contributed by atoms with Gasteiger partial charge in [0, 0.05) is 16.6 Å². The van der Waals surface area contributed by atoms with E-state index in [1.54, 1.807) is 30.5 Å². The molecular formula is C21H19Cl2NO3S. The summed E-state index contributed by atoms with van der Waals surface area (Å²) in [7, 11) is 0. The van der Waals surface area contributed by atoms with E-state index in [1.807, 2.05) is 6.07 Å². The Kier molecular flexibility index (Phi) is 5.85. The van der Waals surface area contributed by atoms with Crippen molar-refractivity contribution in [2.24, 2.45) is 0 Å². The van der Waals surface area contributed by atoms with E-state index in [0.29, 0.717) is 31.8 Å². The van der Waals surface area contributed by atoms with E-state index in [4.69, 9.17) is 27.6 Å². The Labute approximate surface area is 177 Å². The quantitative estimate of drug-likeness (QED) is 0.545. The van der Waals surface area contributed by atoms with E-state index < -0.39 is 0 Å². The zero-order valence-corrected chi connectivity index (χ0v) is 17.4. The highest BCUT2D eigenvalue weighted by Crippen LogP contribution is 2.42. The van der Waals surface area contributed by atoms with Crippen LogP contribution < -0.4 is 0 Å². The van der Waals surface area contributed by atoms with Crippen LogP contribution in [-0.2, 0) is 15.3 Å². The van der Waals surface area contributed by atoms with E-state index in [-0.39, 0.29) is 17.9 Å². The van der Waals surface area contributed by atoms with Gasteiger partial charge in [0.2, 0.25) is 0 Å². The van der Waals surface area contributed by atoms with E-state index in [2.05, 4.69) is 0 Å². The first-order valence-corrected chi connectivity index (χ1v) is 11.0. The second-order valence-corrected chi connectivity index (χ2v) is 8.80. The van der Waals surface area contributed by atoms with Gasteiger partial charge in [-0.2, -0.15) is 0 Å². The number of carbonyl (C=O) groups is 2. The zero-order chi connectivity index (χ0) is 19.7. The van der Waals surface area contributed by atoms with Gasteiger partial charge in [0.25, 0.3) is 11.8 Å². The van der Waals surface area contributed by atoms with Gasteiger partial charge in [-0.25, -0.2) is 0 Å². The van der Waals surface area contributed by atoms with Gasteiger partial charge in [0.1, 0.15) is 5.76 Å². The molecule has 1 aliphatic carbocycles. The SMILES string of the molecule is O=C1C(SCc2ccco2)=C(c2ccc(Cl)cc2Cl)C(=O)N1C1CCCCC1. The van der Waals surface area contributed by atoms with Crippen molar-refractivity contribution >= 4 is 52.4 Å². The molecule has 2 amide bonds. The molecule has 1 aromatic carbocycles. The van der Waals surface area contributed by atoms with Crippen LogP contribution in [0.15, 0.2) is 45.9 Å². The summed E-state index contributed by atoms with van der Waals surface area (Å²) in [6.45, 7) is 0. The molecule has 2 heterocycles. The number of benzene rings is 1. The van der Waals surface area contributed by atoms with Crippen LogP contribution in [0.1, 0.15) is 43.4 Å². The topological polar surface area (TPSA) is 50.5 Å². The Morgan fingerprint density at radius 3 is 2.54 bits per heavy atom. The fourth-order valence-corrected chi connectivity index (χ4v) is 5.32. The van der Waals surface area contributed by atoms with Crippen molar-refractivity contribution < 1.29 is 14.0 Å². The fraction of sp³-hybridized carbons (Fsp3) is 0.333. The van der Waals surface area contributed by atoms with E-state index in [9.17, 15) is 9.59 Å². The zero-order valence-electron chi connectivity index (χ0n) is 15.1. The maximum absolute atomic E-state index is 13.3. The van der Waals surface area contributed by atoms with Gasteiger partial charge >= 0.3 is 0 Å². The summed E-state index contributed by atoms with van der Waals surface area (Å²) in [6, 6.07) is 8.60. The van der Waals surface area contributed by atoms with Crippen LogP contribution in [-0.4, -0.2) is 22.8 Å². The second-order valence-electron chi connectivity index (χ2n) is 6.97. The molecule has 0 unspecified atom stereocenters. The minimum absolute atomic E-state index is 0.0449. The van der Waals surface area contributed by atoms with Gasteiger partial charge in [-0.1, -0.05) is 48.5 Å². The first kappa shape index (κ1) is 19.6. The molecule has 28 heavy (non-hydrogen) atoms. The lowest BCUT2D eigenvalue weighted by atomic mass is 9.94. The minimum atomic E-state index is -0.261. The molecule has 0 atom stereocenters. The van der Waals surface area contributed by atoms with Crippen LogP contribution >= 0.6 is 35.0 Å². The number of furan rings is 1. The summed E-state index contributed by atoms with van der Waals surface area (Å²) in [5.41, 5.74) is 0.915. The summed E-state index contributed by atoms with van der Waals surface area (Å²) >= 11 is 13.7. The molecule has 1 saturated carbocycles. The Morgan fingerprint density at radius 2 is 1.86 bits per heavy atom. The Morgan fingerprint density at radius 1 is 1.07 bits per heavy atom. The van der Waals surface area contributed by atoms with Gasteiger partial charge in [0.15, 0.2) is 0 Å². The first-order chi connectivity index (χ1) is 13.6. The molecule has 0 spiro atoms. The van der Waals surface area contributed by atoms with E-state index in [1.165, 1.54) is 16.7 Å². The highest BCUT2D eigenvalue weighted by Gasteiger charge is 2.43. The van der Waals surface area contributed by atoms with Crippen LogP contribution in [0.4, 0.5) is 0 Å². The van der Waals surface area contributed by atoms with Crippen molar-refractivity contribution in [3.05, 3.63) is 62.9 Å². The lowest BCUT2D eigenvalue weighted by Gasteiger charge is -2.30. The van der Waals surface area contributed by atoms with Crippen molar-refractivity contribution in [3.63, 3.8) is 0 Å². The molecule has 0 N–H and O–H groups in total. The Hall–Kier alpha value is -1.69. The number of imide groups is 1. The molecular weight excluding hydrogens is 417 g/mol. The third-order valence-corrected chi connectivity index (χ3v) is 6.80. The molecule has 0 saturated heterocycles. The van der Waals surface area contributed by atoms with Gasteiger partial charge in [-0.05, 0) is 37.1 Å². The molecule has 146 valence electrons. The minimum Gasteiger partial charge on any atom is -0.468 e. The van der Waals surface area contributed by atoms with Gasteiger partial charge in [0.05, 0.1) is 27.5 Å². The number of rotatable bonds is 5. The number of nitrogens with zero attached hydrogens (tertiary/aromatic N) is 1. The van der Waals surface area contributed by atoms with Crippen LogP contribution in [0.25, 0.3) is 5.57 Å². The third kappa shape index (κ3) is 3.76. The summed E-state index contributed by atoms with van der Waals surface area (Å²) in [4.78, 5) is 28.5. The maximum Gasteiger partial charge on any atom is 0.268 e. The van der Waals surface area contributed by atoms with Crippen molar-refractivity contribution in [2.75, 3.05) is 0 Å². The van der Waals surface area contributed by atoms with Crippen LogP contribution in [0.2, 0.25) is 10.0 Å². The Bertz CT molecular complexity index is 933. The summed E-state index contributed by atoms with van der Waals surface area (Å²) in [6.07, 6.45) is 6.53. The van der Waals surface area contributed by atoms with E-state index >= 15 is 0 Å². The van der Waals surface area contributed by atoms with Gasteiger partial charge in [-0.15, -0.1) is 11.8 Å². The molecule has 1 aromatic heterocycles. The van der Waals surface area contributed by atoms with Crippen molar-refractivity contribution in [1.29, 1.82) is 0 Å². The van der Waals surface area contributed by atoms with Crippen LogP contribution in [0, 0.1) is 0 Å². The molecule has 2 aromatic rings. The van der Waals surface area contributed by atoms with Gasteiger partial charge in [-0.3, -0.25) is 14.5 Å². The molecule has 4 nitrogen and oxygen atoms in total. The molecule has 0 bridgehead atoms. The number of carbonyl (C=O) groups excluding carboxylic acids is 2. The number of hydrogen-bond donors (Lipinski definition) is 0. The van der Waals surface area contributed by atoms with Gasteiger partial charge < -0.3 is 4.42 Å².